The third-order valence-corrected chi connectivity index (χ3v) is 5.38. The maximum Gasteiger partial charge on any atom is 0.255 e. The van der Waals surface area contributed by atoms with Crippen LogP contribution >= 0.6 is 31.9 Å². The number of carbonyl (C=O) groups excluding carboxylic acids is 1. The van der Waals surface area contributed by atoms with Gasteiger partial charge in [-0.3, -0.25) is 4.79 Å². The molecule has 0 unspecified atom stereocenters. The number of fused-ring (bicyclic) bond motifs is 1. The monoisotopic (exact) mass is 387 g/mol. The van der Waals surface area contributed by atoms with Gasteiger partial charge in [0.25, 0.3) is 5.91 Å². The van der Waals surface area contributed by atoms with Crippen LogP contribution in [0, 0.1) is 0 Å². The van der Waals surface area contributed by atoms with E-state index in [-0.39, 0.29) is 11.4 Å². The van der Waals surface area contributed by atoms with Crippen LogP contribution in [-0.2, 0) is 0 Å². The number of carbonyl (C=O) groups is 1. The number of pyridine rings is 1. The highest BCUT2D eigenvalue weighted by Gasteiger charge is 2.29. The number of nitrogens with one attached hydrogen (secondary N) is 1. The van der Waals surface area contributed by atoms with Crippen molar-refractivity contribution < 1.29 is 4.79 Å². The van der Waals surface area contributed by atoms with E-state index in [0.29, 0.717) is 16.2 Å². The minimum Gasteiger partial charge on any atom is -0.345 e. The Kier molecular flexibility index (Phi) is 4.62. The zero-order chi connectivity index (χ0) is 13.9. The van der Waals surface area contributed by atoms with Crippen LogP contribution in [0.4, 0.5) is 0 Å². The van der Waals surface area contributed by atoms with Crippen molar-refractivity contribution in [3.8, 4) is 0 Å². The summed E-state index contributed by atoms with van der Waals surface area (Å²) in [6.07, 6.45) is 4.27. The molecule has 2 heterocycles. The third-order valence-electron chi connectivity index (χ3n) is 3.24. The summed E-state index contributed by atoms with van der Waals surface area (Å²) in [7, 11) is 0. The van der Waals surface area contributed by atoms with Gasteiger partial charge in [-0.2, -0.15) is 5.10 Å². The van der Waals surface area contributed by atoms with Gasteiger partial charge in [0.1, 0.15) is 0 Å². The predicted octanol–water partition coefficient (Wildman–Crippen LogP) is 3.00. The SMILES string of the molecule is CCC(CBr)(CBr)NC(=O)c1cnn2ccccc12. The van der Waals surface area contributed by atoms with Crippen LogP contribution in [0.25, 0.3) is 5.52 Å². The topological polar surface area (TPSA) is 46.4 Å². The zero-order valence-electron chi connectivity index (χ0n) is 10.6. The van der Waals surface area contributed by atoms with E-state index >= 15 is 0 Å². The molecule has 2 aromatic heterocycles. The van der Waals surface area contributed by atoms with Crippen molar-refractivity contribution in [2.45, 2.75) is 18.9 Å². The van der Waals surface area contributed by atoms with Crippen molar-refractivity contribution in [3.05, 3.63) is 36.2 Å². The van der Waals surface area contributed by atoms with Crippen LogP contribution in [0.3, 0.4) is 0 Å². The Morgan fingerprint density at radius 3 is 2.79 bits per heavy atom. The van der Waals surface area contributed by atoms with E-state index in [1.54, 1.807) is 10.7 Å². The molecule has 6 heteroatoms. The molecule has 0 aliphatic carbocycles. The lowest BCUT2D eigenvalue weighted by Crippen LogP contribution is -2.51. The maximum atomic E-state index is 12.4. The lowest BCUT2D eigenvalue weighted by Gasteiger charge is -2.29. The summed E-state index contributed by atoms with van der Waals surface area (Å²) < 4.78 is 1.70. The highest BCUT2D eigenvalue weighted by molar-refractivity contribution is 9.09. The van der Waals surface area contributed by atoms with Crippen molar-refractivity contribution in [3.63, 3.8) is 0 Å². The lowest BCUT2D eigenvalue weighted by molar-refractivity contribution is 0.0917. The van der Waals surface area contributed by atoms with Crippen LogP contribution in [0.1, 0.15) is 23.7 Å². The van der Waals surface area contributed by atoms with E-state index in [2.05, 4.69) is 49.2 Å². The van der Waals surface area contributed by atoms with Crippen molar-refractivity contribution in [2.75, 3.05) is 10.7 Å². The molecule has 0 radical (unpaired) electrons. The highest BCUT2D eigenvalue weighted by atomic mass is 79.9. The van der Waals surface area contributed by atoms with Gasteiger partial charge in [0.05, 0.1) is 22.8 Å². The number of nitrogens with zero attached hydrogens (tertiary/aromatic N) is 2. The normalized spacial score (nSPS) is 11.7. The number of alkyl halides is 2. The molecule has 0 saturated heterocycles. The molecule has 2 aromatic rings. The predicted molar refractivity (Wildman–Crippen MR) is 83.3 cm³/mol. The zero-order valence-corrected chi connectivity index (χ0v) is 13.7. The summed E-state index contributed by atoms with van der Waals surface area (Å²) in [5.41, 5.74) is 1.13. The number of hydrogen-bond donors (Lipinski definition) is 1. The minimum absolute atomic E-state index is 0.0954. The van der Waals surface area contributed by atoms with Crippen LogP contribution in [0.2, 0.25) is 0 Å². The van der Waals surface area contributed by atoms with E-state index in [4.69, 9.17) is 0 Å². The van der Waals surface area contributed by atoms with Gasteiger partial charge in [-0.15, -0.1) is 0 Å². The third kappa shape index (κ3) is 2.84. The first kappa shape index (κ1) is 14.5. The smallest absolute Gasteiger partial charge is 0.255 e. The first-order valence-electron chi connectivity index (χ1n) is 6.02. The summed E-state index contributed by atoms with van der Waals surface area (Å²) in [6, 6.07) is 5.67. The molecule has 19 heavy (non-hydrogen) atoms. The van der Waals surface area contributed by atoms with E-state index in [1.165, 1.54) is 0 Å². The first-order chi connectivity index (χ1) is 9.15. The average molecular weight is 389 g/mol. The van der Waals surface area contributed by atoms with Crippen molar-refractivity contribution >= 4 is 43.3 Å². The molecule has 2 rings (SSSR count). The Bertz CT molecular complexity index is 570. The molecule has 1 amide bonds. The summed E-state index contributed by atoms with van der Waals surface area (Å²) in [5.74, 6) is -0.0954. The van der Waals surface area contributed by atoms with Gasteiger partial charge in [-0.1, -0.05) is 44.8 Å². The van der Waals surface area contributed by atoms with E-state index in [0.717, 1.165) is 11.9 Å². The second kappa shape index (κ2) is 6.05. The number of hydrogen-bond acceptors (Lipinski definition) is 2. The van der Waals surface area contributed by atoms with Crippen LogP contribution in [0.15, 0.2) is 30.6 Å². The Hall–Kier alpha value is -0.880. The molecule has 0 spiro atoms. The number of rotatable bonds is 5. The standard InChI is InChI=1S/C13H15Br2N3O/c1-2-13(8-14,9-15)17-12(19)10-7-16-18-6-4-3-5-11(10)18/h3-7H,2,8-9H2,1H3,(H,17,19). The number of amides is 1. The molecular formula is C13H15Br2N3O. The van der Waals surface area contributed by atoms with Crippen LogP contribution in [0.5, 0.6) is 0 Å². The largest absolute Gasteiger partial charge is 0.345 e. The van der Waals surface area contributed by atoms with Gasteiger partial charge >= 0.3 is 0 Å². The van der Waals surface area contributed by atoms with E-state index in [9.17, 15) is 4.79 Å². The Morgan fingerprint density at radius 1 is 1.42 bits per heavy atom. The Balaban J connectivity index is 2.29. The summed E-state index contributed by atoms with van der Waals surface area (Å²) in [5, 5.41) is 8.67. The molecule has 0 aliphatic heterocycles. The van der Waals surface area contributed by atoms with Crippen molar-refractivity contribution in [2.24, 2.45) is 0 Å². The van der Waals surface area contributed by atoms with Gasteiger partial charge in [-0.05, 0) is 18.6 Å². The molecule has 0 saturated carbocycles. The highest BCUT2D eigenvalue weighted by Crippen LogP contribution is 2.19. The summed E-state index contributed by atoms with van der Waals surface area (Å²) in [6.45, 7) is 2.05. The molecule has 0 aromatic carbocycles. The fourth-order valence-corrected chi connectivity index (χ4v) is 3.80. The Morgan fingerprint density at radius 2 is 2.16 bits per heavy atom. The number of halogens is 2. The summed E-state index contributed by atoms with van der Waals surface area (Å²) in [4.78, 5) is 12.4. The van der Waals surface area contributed by atoms with Gasteiger partial charge in [-0.25, -0.2) is 4.52 Å². The van der Waals surface area contributed by atoms with Crippen LogP contribution < -0.4 is 5.32 Å². The quantitative estimate of drug-likeness (QED) is 0.800. The van der Waals surface area contributed by atoms with Gasteiger partial charge in [0.2, 0.25) is 0 Å². The second-order valence-electron chi connectivity index (χ2n) is 4.44. The Labute approximate surface area is 128 Å². The minimum atomic E-state index is -0.278. The first-order valence-corrected chi connectivity index (χ1v) is 8.27. The molecule has 1 N–H and O–H groups in total. The maximum absolute atomic E-state index is 12.4. The summed E-state index contributed by atoms with van der Waals surface area (Å²) >= 11 is 6.94. The average Bonchev–Trinajstić information content (AvgIpc) is 2.89. The van der Waals surface area contributed by atoms with E-state index in [1.807, 2.05) is 24.4 Å². The molecule has 0 bridgehead atoms. The second-order valence-corrected chi connectivity index (χ2v) is 5.57. The van der Waals surface area contributed by atoms with Crippen molar-refractivity contribution in [1.82, 2.24) is 14.9 Å². The fourth-order valence-electron chi connectivity index (χ4n) is 1.80. The van der Waals surface area contributed by atoms with Gasteiger partial charge in [0.15, 0.2) is 0 Å². The fraction of sp³-hybridized carbons (Fsp3) is 0.385. The van der Waals surface area contributed by atoms with Crippen molar-refractivity contribution in [1.29, 1.82) is 0 Å². The molecule has 0 aliphatic rings. The van der Waals surface area contributed by atoms with Crippen LogP contribution in [-0.4, -0.2) is 31.7 Å². The van der Waals surface area contributed by atoms with Gasteiger partial charge < -0.3 is 5.32 Å². The molecule has 0 fully saturated rings. The number of aromatic nitrogens is 2. The van der Waals surface area contributed by atoms with E-state index < -0.39 is 0 Å². The molecule has 102 valence electrons. The molecule has 0 atom stereocenters. The molecular weight excluding hydrogens is 374 g/mol. The molecule has 4 nitrogen and oxygen atoms in total. The lowest BCUT2D eigenvalue weighted by atomic mass is 10.0. The van der Waals surface area contributed by atoms with Gasteiger partial charge in [0, 0.05) is 16.9 Å².